The predicted molar refractivity (Wildman–Crippen MR) is 65.7 cm³/mol. The van der Waals surface area contributed by atoms with E-state index in [9.17, 15) is 4.79 Å². The molecule has 1 aromatic heterocycles. The lowest BCUT2D eigenvalue weighted by Crippen LogP contribution is -2.52. The summed E-state index contributed by atoms with van der Waals surface area (Å²) in [4.78, 5) is 14.2. The molecule has 1 aliphatic heterocycles. The molecular formula is C12H18N4O2. The van der Waals surface area contributed by atoms with Crippen LogP contribution in [0.3, 0.4) is 0 Å². The first-order valence-electron chi connectivity index (χ1n) is 6.43. The van der Waals surface area contributed by atoms with Crippen LogP contribution < -0.4 is 5.73 Å². The van der Waals surface area contributed by atoms with E-state index in [0.29, 0.717) is 18.8 Å². The Hall–Kier alpha value is -1.56. The fourth-order valence-corrected chi connectivity index (χ4v) is 2.93. The molecule has 98 valence electrons. The number of carbonyl (C=O) groups excluding carboxylic acids is 1. The van der Waals surface area contributed by atoms with Gasteiger partial charge in [0.05, 0.1) is 30.6 Å². The van der Waals surface area contributed by atoms with Gasteiger partial charge in [0, 0.05) is 12.7 Å². The molecule has 1 aromatic rings. The second-order valence-electron chi connectivity index (χ2n) is 4.97. The molecule has 1 saturated carbocycles. The van der Waals surface area contributed by atoms with Gasteiger partial charge in [-0.15, -0.1) is 0 Å². The molecule has 2 unspecified atom stereocenters. The first-order valence-corrected chi connectivity index (χ1v) is 6.43. The second-order valence-corrected chi connectivity index (χ2v) is 4.97. The number of rotatable bonds is 2. The first kappa shape index (κ1) is 11.5. The lowest BCUT2D eigenvalue weighted by atomic mass is 10.1. The maximum absolute atomic E-state index is 12.3. The van der Waals surface area contributed by atoms with Gasteiger partial charge in [-0.2, -0.15) is 5.10 Å². The maximum atomic E-state index is 12.3. The van der Waals surface area contributed by atoms with Crippen molar-refractivity contribution in [3.05, 3.63) is 12.4 Å². The largest absolute Gasteiger partial charge is 0.396 e. The number of nitrogen functional groups attached to an aromatic ring is 1. The monoisotopic (exact) mass is 250 g/mol. The lowest BCUT2D eigenvalue weighted by Gasteiger charge is -2.37. The summed E-state index contributed by atoms with van der Waals surface area (Å²) in [5, 5.41) is 4.05. The van der Waals surface area contributed by atoms with E-state index < -0.39 is 0 Å². The molecule has 2 atom stereocenters. The number of carbonyl (C=O) groups is 1. The van der Waals surface area contributed by atoms with Crippen LogP contribution in [0.15, 0.2) is 12.4 Å². The number of nitrogens with two attached hydrogens (primary N) is 1. The molecule has 6 heteroatoms. The van der Waals surface area contributed by atoms with Gasteiger partial charge in [-0.3, -0.25) is 9.48 Å². The molecule has 0 aromatic carbocycles. The molecule has 2 N–H and O–H groups in total. The first-order chi connectivity index (χ1) is 8.74. The molecule has 0 bridgehead atoms. The van der Waals surface area contributed by atoms with Gasteiger partial charge in [0.2, 0.25) is 5.91 Å². The van der Waals surface area contributed by atoms with Gasteiger partial charge in [-0.1, -0.05) is 0 Å². The molecule has 6 nitrogen and oxygen atoms in total. The third kappa shape index (κ3) is 2.08. The fourth-order valence-electron chi connectivity index (χ4n) is 2.93. The Balaban J connectivity index is 1.68. The number of ether oxygens (including phenoxy) is 1. The SMILES string of the molecule is Nc1cnn(CC(=O)N2CCOC3CCCC32)c1. The van der Waals surface area contributed by atoms with Crippen molar-refractivity contribution in [3.63, 3.8) is 0 Å². The van der Waals surface area contributed by atoms with Crippen LogP contribution in [0.5, 0.6) is 0 Å². The van der Waals surface area contributed by atoms with Crippen LogP contribution in [-0.2, 0) is 16.1 Å². The number of hydrogen-bond acceptors (Lipinski definition) is 4. The molecule has 18 heavy (non-hydrogen) atoms. The highest BCUT2D eigenvalue weighted by Gasteiger charge is 2.38. The molecule has 2 fully saturated rings. The predicted octanol–water partition coefficient (Wildman–Crippen LogP) is 0.245. The van der Waals surface area contributed by atoms with Crippen molar-refractivity contribution in [3.8, 4) is 0 Å². The molecule has 2 heterocycles. The van der Waals surface area contributed by atoms with E-state index in [-0.39, 0.29) is 24.6 Å². The number of morpholine rings is 1. The minimum Gasteiger partial charge on any atom is -0.396 e. The van der Waals surface area contributed by atoms with Gasteiger partial charge < -0.3 is 15.4 Å². The zero-order valence-electron chi connectivity index (χ0n) is 10.3. The van der Waals surface area contributed by atoms with Crippen molar-refractivity contribution in [1.82, 2.24) is 14.7 Å². The smallest absolute Gasteiger partial charge is 0.244 e. The topological polar surface area (TPSA) is 73.4 Å². The van der Waals surface area contributed by atoms with Crippen molar-refractivity contribution in [2.75, 3.05) is 18.9 Å². The number of anilines is 1. The summed E-state index contributed by atoms with van der Waals surface area (Å²) in [6.45, 7) is 1.60. The number of fused-ring (bicyclic) bond motifs is 1. The minimum atomic E-state index is 0.110. The summed E-state index contributed by atoms with van der Waals surface area (Å²) in [6.07, 6.45) is 6.76. The number of aromatic nitrogens is 2. The van der Waals surface area contributed by atoms with Crippen molar-refractivity contribution >= 4 is 11.6 Å². The Kier molecular flexibility index (Phi) is 2.95. The Morgan fingerprint density at radius 2 is 2.44 bits per heavy atom. The zero-order valence-corrected chi connectivity index (χ0v) is 10.3. The van der Waals surface area contributed by atoms with Crippen LogP contribution in [-0.4, -0.2) is 45.9 Å². The normalized spacial score (nSPS) is 27.2. The van der Waals surface area contributed by atoms with Crippen LogP contribution in [0.25, 0.3) is 0 Å². The lowest BCUT2D eigenvalue weighted by molar-refractivity contribution is -0.144. The molecule has 0 spiro atoms. The second kappa shape index (κ2) is 4.61. The van der Waals surface area contributed by atoms with E-state index >= 15 is 0 Å². The van der Waals surface area contributed by atoms with Crippen LogP contribution in [0.1, 0.15) is 19.3 Å². The summed E-state index contributed by atoms with van der Waals surface area (Å²) in [5.74, 6) is 0.110. The van der Waals surface area contributed by atoms with E-state index in [1.54, 1.807) is 17.1 Å². The van der Waals surface area contributed by atoms with E-state index in [0.717, 1.165) is 19.3 Å². The van der Waals surface area contributed by atoms with E-state index in [1.807, 2.05) is 4.90 Å². The van der Waals surface area contributed by atoms with Crippen LogP contribution in [0.4, 0.5) is 5.69 Å². The highest BCUT2D eigenvalue weighted by Crippen LogP contribution is 2.29. The Bertz CT molecular complexity index is 445. The number of nitrogens with zero attached hydrogens (tertiary/aromatic N) is 3. The Morgan fingerprint density at radius 1 is 1.56 bits per heavy atom. The van der Waals surface area contributed by atoms with Gasteiger partial charge in [0.1, 0.15) is 6.54 Å². The van der Waals surface area contributed by atoms with Gasteiger partial charge >= 0.3 is 0 Å². The average Bonchev–Trinajstić information content (AvgIpc) is 2.97. The van der Waals surface area contributed by atoms with Gasteiger partial charge in [0.15, 0.2) is 0 Å². The summed E-state index contributed by atoms with van der Waals surface area (Å²) < 4.78 is 7.29. The quantitative estimate of drug-likeness (QED) is 0.816. The standard InChI is InChI=1S/C12H18N4O2/c13-9-6-14-15(7-9)8-12(17)16-4-5-18-11-3-1-2-10(11)16/h6-7,10-11H,1-5,8,13H2. The summed E-state index contributed by atoms with van der Waals surface area (Å²) >= 11 is 0. The molecule has 3 rings (SSSR count). The van der Waals surface area contributed by atoms with Crippen molar-refractivity contribution in [2.45, 2.75) is 38.0 Å². The number of amides is 1. The van der Waals surface area contributed by atoms with E-state index in [1.165, 1.54) is 0 Å². The van der Waals surface area contributed by atoms with Gasteiger partial charge in [-0.05, 0) is 19.3 Å². The molecule has 1 saturated heterocycles. The summed E-state index contributed by atoms with van der Waals surface area (Å²) in [7, 11) is 0. The average molecular weight is 250 g/mol. The third-order valence-electron chi connectivity index (χ3n) is 3.75. The summed E-state index contributed by atoms with van der Waals surface area (Å²) in [5.41, 5.74) is 6.18. The number of hydrogen-bond donors (Lipinski definition) is 1. The Morgan fingerprint density at radius 3 is 3.22 bits per heavy atom. The zero-order chi connectivity index (χ0) is 12.5. The van der Waals surface area contributed by atoms with Crippen LogP contribution >= 0.6 is 0 Å². The Labute approximate surface area is 106 Å². The van der Waals surface area contributed by atoms with Crippen molar-refractivity contribution in [1.29, 1.82) is 0 Å². The fraction of sp³-hybridized carbons (Fsp3) is 0.667. The van der Waals surface area contributed by atoms with E-state index in [2.05, 4.69) is 5.10 Å². The molecular weight excluding hydrogens is 232 g/mol. The van der Waals surface area contributed by atoms with Crippen molar-refractivity contribution < 1.29 is 9.53 Å². The van der Waals surface area contributed by atoms with Crippen molar-refractivity contribution in [2.24, 2.45) is 0 Å². The molecule has 2 aliphatic rings. The summed E-state index contributed by atoms with van der Waals surface area (Å²) in [6, 6.07) is 0.263. The molecule has 1 amide bonds. The molecule has 0 radical (unpaired) electrons. The highest BCUT2D eigenvalue weighted by molar-refractivity contribution is 5.76. The van der Waals surface area contributed by atoms with Crippen LogP contribution in [0.2, 0.25) is 0 Å². The maximum Gasteiger partial charge on any atom is 0.244 e. The third-order valence-corrected chi connectivity index (χ3v) is 3.75. The highest BCUT2D eigenvalue weighted by atomic mass is 16.5. The minimum absolute atomic E-state index is 0.110. The molecule has 1 aliphatic carbocycles. The van der Waals surface area contributed by atoms with Gasteiger partial charge in [0.25, 0.3) is 0 Å². The van der Waals surface area contributed by atoms with Crippen LogP contribution in [0, 0.1) is 0 Å². The van der Waals surface area contributed by atoms with Gasteiger partial charge in [-0.25, -0.2) is 0 Å². The van der Waals surface area contributed by atoms with E-state index in [4.69, 9.17) is 10.5 Å².